The highest BCUT2D eigenvalue weighted by atomic mass is 35.5. The quantitative estimate of drug-likeness (QED) is 0.798. The van der Waals surface area contributed by atoms with E-state index in [-0.39, 0.29) is 11.2 Å². The molecule has 4 heteroatoms. The van der Waals surface area contributed by atoms with Crippen LogP contribution in [-0.2, 0) is 6.54 Å². The Labute approximate surface area is 125 Å². The number of methoxy groups -OCH3 is 1. The molecule has 1 saturated carbocycles. The molecule has 0 aliphatic heterocycles. The minimum Gasteiger partial charge on any atom is -0.494 e. The summed E-state index contributed by atoms with van der Waals surface area (Å²) in [6.45, 7) is 1.37. The van der Waals surface area contributed by atoms with E-state index < -0.39 is 0 Å². The Balaban J connectivity index is 1.92. The Morgan fingerprint density at radius 1 is 1.30 bits per heavy atom. The number of hydrogen-bond donors (Lipinski definition) is 1. The van der Waals surface area contributed by atoms with Crippen molar-refractivity contribution in [2.45, 2.75) is 38.6 Å². The van der Waals surface area contributed by atoms with E-state index >= 15 is 0 Å². The van der Waals surface area contributed by atoms with Gasteiger partial charge in [-0.25, -0.2) is 4.39 Å². The SMILES string of the molecule is COc1cccc(CNCC2(CCl)CCCCC2)c1F. The van der Waals surface area contributed by atoms with Gasteiger partial charge in [0.15, 0.2) is 11.6 Å². The van der Waals surface area contributed by atoms with E-state index in [1.807, 2.05) is 6.07 Å². The average molecular weight is 300 g/mol. The van der Waals surface area contributed by atoms with Crippen LogP contribution in [0.15, 0.2) is 18.2 Å². The van der Waals surface area contributed by atoms with Gasteiger partial charge >= 0.3 is 0 Å². The van der Waals surface area contributed by atoms with Gasteiger partial charge in [0.05, 0.1) is 7.11 Å². The maximum Gasteiger partial charge on any atom is 0.169 e. The van der Waals surface area contributed by atoms with E-state index in [0.29, 0.717) is 23.7 Å². The van der Waals surface area contributed by atoms with Crippen molar-refractivity contribution >= 4 is 11.6 Å². The second kappa shape index (κ2) is 7.28. The summed E-state index contributed by atoms with van der Waals surface area (Å²) in [7, 11) is 1.49. The van der Waals surface area contributed by atoms with Gasteiger partial charge in [-0.05, 0) is 24.3 Å². The monoisotopic (exact) mass is 299 g/mol. The van der Waals surface area contributed by atoms with Crippen molar-refractivity contribution in [1.29, 1.82) is 0 Å². The zero-order valence-electron chi connectivity index (χ0n) is 12.1. The molecule has 1 aromatic carbocycles. The summed E-state index contributed by atoms with van der Waals surface area (Å²) in [4.78, 5) is 0. The van der Waals surface area contributed by atoms with Crippen LogP contribution in [0.2, 0.25) is 0 Å². The Hall–Kier alpha value is -0.800. The van der Waals surface area contributed by atoms with Gasteiger partial charge in [-0.1, -0.05) is 31.4 Å². The van der Waals surface area contributed by atoms with E-state index in [0.717, 1.165) is 6.54 Å². The highest BCUT2D eigenvalue weighted by molar-refractivity contribution is 6.18. The van der Waals surface area contributed by atoms with Gasteiger partial charge in [-0.2, -0.15) is 0 Å². The smallest absolute Gasteiger partial charge is 0.169 e. The van der Waals surface area contributed by atoms with Crippen LogP contribution in [0, 0.1) is 11.2 Å². The molecule has 2 rings (SSSR count). The first kappa shape index (κ1) is 15.6. The lowest BCUT2D eigenvalue weighted by Crippen LogP contribution is -2.37. The lowest BCUT2D eigenvalue weighted by molar-refractivity contribution is 0.211. The van der Waals surface area contributed by atoms with Gasteiger partial charge < -0.3 is 10.1 Å². The number of halogens is 2. The predicted octanol–water partition coefficient (Wildman–Crippen LogP) is 4.11. The van der Waals surface area contributed by atoms with Crippen LogP contribution in [0.3, 0.4) is 0 Å². The largest absolute Gasteiger partial charge is 0.494 e. The molecule has 112 valence electrons. The second-order valence-corrected chi connectivity index (χ2v) is 6.00. The maximum atomic E-state index is 14.0. The van der Waals surface area contributed by atoms with Crippen molar-refractivity contribution in [2.24, 2.45) is 5.41 Å². The van der Waals surface area contributed by atoms with E-state index in [1.54, 1.807) is 12.1 Å². The molecule has 20 heavy (non-hydrogen) atoms. The van der Waals surface area contributed by atoms with Gasteiger partial charge in [0.25, 0.3) is 0 Å². The average Bonchev–Trinajstić information content (AvgIpc) is 2.50. The summed E-state index contributed by atoms with van der Waals surface area (Å²) >= 11 is 6.16. The summed E-state index contributed by atoms with van der Waals surface area (Å²) in [5.74, 6) is 0.709. The van der Waals surface area contributed by atoms with Gasteiger partial charge in [0.2, 0.25) is 0 Å². The molecule has 2 nitrogen and oxygen atoms in total. The fourth-order valence-corrected chi connectivity index (χ4v) is 3.33. The Morgan fingerprint density at radius 3 is 2.70 bits per heavy atom. The second-order valence-electron chi connectivity index (χ2n) is 5.73. The van der Waals surface area contributed by atoms with E-state index in [4.69, 9.17) is 16.3 Å². The number of benzene rings is 1. The molecule has 1 aliphatic carbocycles. The van der Waals surface area contributed by atoms with E-state index in [2.05, 4.69) is 5.32 Å². The van der Waals surface area contributed by atoms with Crippen molar-refractivity contribution in [3.8, 4) is 5.75 Å². The Bertz CT molecular complexity index is 432. The van der Waals surface area contributed by atoms with Crippen LogP contribution in [-0.4, -0.2) is 19.5 Å². The minimum absolute atomic E-state index is 0.190. The summed E-state index contributed by atoms with van der Waals surface area (Å²) in [6.07, 6.45) is 6.15. The highest BCUT2D eigenvalue weighted by Gasteiger charge is 2.30. The molecule has 0 aromatic heterocycles. The minimum atomic E-state index is -0.272. The molecule has 0 radical (unpaired) electrons. The van der Waals surface area contributed by atoms with Crippen LogP contribution in [0.1, 0.15) is 37.7 Å². The molecular formula is C16H23ClFNO. The fourth-order valence-electron chi connectivity index (χ4n) is 2.97. The van der Waals surface area contributed by atoms with Crippen molar-refractivity contribution in [1.82, 2.24) is 5.32 Å². The first-order valence-corrected chi connectivity index (χ1v) is 7.82. The molecule has 0 atom stereocenters. The molecule has 0 unspecified atom stereocenters. The van der Waals surface area contributed by atoms with Crippen molar-refractivity contribution in [3.05, 3.63) is 29.6 Å². The normalized spacial score (nSPS) is 17.9. The van der Waals surface area contributed by atoms with Crippen LogP contribution >= 0.6 is 11.6 Å². The maximum absolute atomic E-state index is 14.0. The number of ether oxygens (including phenoxy) is 1. The lowest BCUT2D eigenvalue weighted by atomic mass is 9.75. The van der Waals surface area contributed by atoms with Crippen LogP contribution in [0.25, 0.3) is 0 Å². The van der Waals surface area contributed by atoms with E-state index in [1.165, 1.54) is 39.2 Å². The van der Waals surface area contributed by atoms with Crippen LogP contribution in [0.5, 0.6) is 5.75 Å². The van der Waals surface area contributed by atoms with Gasteiger partial charge in [0, 0.05) is 24.5 Å². The van der Waals surface area contributed by atoms with Crippen molar-refractivity contribution < 1.29 is 9.13 Å². The summed E-state index contributed by atoms with van der Waals surface area (Å²) in [5, 5.41) is 3.38. The Kier molecular flexibility index (Phi) is 5.67. The molecular weight excluding hydrogens is 277 g/mol. The number of hydrogen-bond acceptors (Lipinski definition) is 2. The third-order valence-electron chi connectivity index (χ3n) is 4.28. The van der Waals surface area contributed by atoms with Crippen molar-refractivity contribution in [2.75, 3.05) is 19.5 Å². The van der Waals surface area contributed by atoms with Gasteiger partial charge in [-0.15, -0.1) is 11.6 Å². The molecule has 0 heterocycles. The standard InChI is InChI=1S/C16H23ClFNO/c1-20-14-7-5-6-13(15(14)18)10-19-12-16(11-17)8-3-2-4-9-16/h5-7,19H,2-4,8-12H2,1H3. The third-order valence-corrected chi connectivity index (χ3v) is 4.84. The van der Waals surface area contributed by atoms with Gasteiger partial charge in [0.1, 0.15) is 0 Å². The molecule has 1 fully saturated rings. The summed E-state index contributed by atoms with van der Waals surface area (Å²) in [5.41, 5.74) is 0.833. The van der Waals surface area contributed by atoms with Gasteiger partial charge in [-0.3, -0.25) is 0 Å². The van der Waals surface area contributed by atoms with Crippen molar-refractivity contribution in [3.63, 3.8) is 0 Å². The molecule has 1 N–H and O–H groups in total. The zero-order chi connectivity index (χ0) is 14.4. The van der Waals surface area contributed by atoms with Crippen LogP contribution in [0.4, 0.5) is 4.39 Å². The number of rotatable bonds is 6. The zero-order valence-corrected chi connectivity index (χ0v) is 12.8. The highest BCUT2D eigenvalue weighted by Crippen LogP contribution is 2.36. The summed E-state index contributed by atoms with van der Waals surface area (Å²) in [6, 6.07) is 5.25. The fraction of sp³-hybridized carbons (Fsp3) is 0.625. The number of alkyl halides is 1. The first-order valence-electron chi connectivity index (χ1n) is 7.29. The lowest BCUT2D eigenvalue weighted by Gasteiger charge is -2.35. The molecule has 0 saturated heterocycles. The molecule has 0 amide bonds. The predicted molar refractivity (Wildman–Crippen MR) is 80.9 cm³/mol. The first-order chi connectivity index (χ1) is 9.71. The molecule has 1 aromatic rings. The third kappa shape index (κ3) is 3.64. The van der Waals surface area contributed by atoms with E-state index in [9.17, 15) is 4.39 Å². The topological polar surface area (TPSA) is 21.3 Å². The molecule has 0 spiro atoms. The Morgan fingerprint density at radius 2 is 2.05 bits per heavy atom. The van der Waals surface area contributed by atoms with Crippen LogP contribution < -0.4 is 10.1 Å². The summed E-state index contributed by atoms with van der Waals surface area (Å²) < 4.78 is 19.0. The molecule has 0 bridgehead atoms. The number of nitrogens with one attached hydrogen (secondary N) is 1. The molecule has 1 aliphatic rings.